The van der Waals surface area contributed by atoms with Crippen LogP contribution in [0.3, 0.4) is 0 Å². The van der Waals surface area contributed by atoms with Gasteiger partial charge >= 0.3 is 0 Å². The maximum Gasteiger partial charge on any atom is 0.157 e. The van der Waals surface area contributed by atoms with E-state index in [0.29, 0.717) is 6.04 Å². The lowest BCUT2D eigenvalue weighted by Gasteiger charge is -2.37. The van der Waals surface area contributed by atoms with Crippen LogP contribution in [0.25, 0.3) is 5.65 Å². The Morgan fingerprint density at radius 1 is 1.15 bits per heavy atom. The molecule has 1 aliphatic rings. The second-order valence-corrected chi connectivity index (χ2v) is 7.18. The van der Waals surface area contributed by atoms with E-state index in [1.54, 1.807) is 0 Å². The van der Waals surface area contributed by atoms with Crippen LogP contribution in [0.1, 0.15) is 42.6 Å². The Kier molecular flexibility index (Phi) is 4.89. The SMILES string of the molecule is Cc1cc(N2CCCCC2CCO)n2nc(Cc3ccccc3)cc2n1. The summed E-state index contributed by atoms with van der Waals surface area (Å²) in [4.78, 5) is 7.11. The van der Waals surface area contributed by atoms with Crippen molar-refractivity contribution < 1.29 is 5.11 Å². The second-order valence-electron chi connectivity index (χ2n) is 7.18. The van der Waals surface area contributed by atoms with E-state index in [-0.39, 0.29) is 6.61 Å². The number of aryl methyl sites for hydroxylation is 1. The zero-order chi connectivity index (χ0) is 17.9. The molecule has 1 atom stereocenters. The topological polar surface area (TPSA) is 53.7 Å². The molecule has 136 valence electrons. The van der Waals surface area contributed by atoms with Crippen molar-refractivity contribution >= 4 is 11.5 Å². The predicted molar refractivity (Wildman–Crippen MR) is 104 cm³/mol. The van der Waals surface area contributed by atoms with Crippen LogP contribution in [-0.2, 0) is 6.42 Å². The zero-order valence-electron chi connectivity index (χ0n) is 15.3. The van der Waals surface area contributed by atoms with Crippen molar-refractivity contribution in [3.05, 3.63) is 59.4 Å². The average molecular weight is 350 g/mol. The molecular formula is C21H26N4O. The molecule has 0 aliphatic carbocycles. The third-order valence-corrected chi connectivity index (χ3v) is 5.20. The van der Waals surface area contributed by atoms with Gasteiger partial charge in [-0.25, -0.2) is 4.98 Å². The minimum absolute atomic E-state index is 0.229. The largest absolute Gasteiger partial charge is 0.396 e. The van der Waals surface area contributed by atoms with Crippen LogP contribution in [0.15, 0.2) is 42.5 Å². The van der Waals surface area contributed by atoms with Gasteiger partial charge in [-0.1, -0.05) is 30.3 Å². The normalized spacial score (nSPS) is 17.8. The van der Waals surface area contributed by atoms with Gasteiger partial charge in [0.25, 0.3) is 0 Å². The highest BCUT2D eigenvalue weighted by atomic mass is 16.3. The highest BCUT2D eigenvalue weighted by Gasteiger charge is 2.25. The van der Waals surface area contributed by atoms with Gasteiger partial charge in [0.05, 0.1) is 5.69 Å². The number of anilines is 1. The first-order valence-electron chi connectivity index (χ1n) is 9.52. The first-order valence-corrected chi connectivity index (χ1v) is 9.52. The van der Waals surface area contributed by atoms with E-state index in [9.17, 15) is 5.11 Å². The number of piperidine rings is 1. The van der Waals surface area contributed by atoms with Gasteiger partial charge in [0.15, 0.2) is 5.65 Å². The maximum absolute atomic E-state index is 9.46. The van der Waals surface area contributed by atoms with Crippen molar-refractivity contribution in [1.82, 2.24) is 14.6 Å². The number of aliphatic hydroxyl groups is 1. The Morgan fingerprint density at radius 3 is 2.81 bits per heavy atom. The summed E-state index contributed by atoms with van der Waals surface area (Å²) in [6.45, 7) is 3.28. The summed E-state index contributed by atoms with van der Waals surface area (Å²) in [5.74, 6) is 1.10. The molecule has 0 spiro atoms. The molecule has 5 nitrogen and oxygen atoms in total. The van der Waals surface area contributed by atoms with Gasteiger partial charge in [-0.2, -0.15) is 9.61 Å². The molecule has 0 radical (unpaired) electrons. The highest BCUT2D eigenvalue weighted by molar-refractivity contribution is 5.53. The Hall–Kier alpha value is -2.40. The number of nitrogens with zero attached hydrogens (tertiary/aromatic N) is 4. The summed E-state index contributed by atoms with van der Waals surface area (Å²) in [6.07, 6.45) is 5.15. The Balaban J connectivity index is 1.72. The molecule has 0 bridgehead atoms. The lowest BCUT2D eigenvalue weighted by Crippen LogP contribution is -2.41. The van der Waals surface area contributed by atoms with Crippen molar-refractivity contribution in [2.24, 2.45) is 0 Å². The summed E-state index contributed by atoms with van der Waals surface area (Å²) in [5.41, 5.74) is 4.20. The molecule has 2 aromatic heterocycles. The van der Waals surface area contributed by atoms with Gasteiger partial charge in [-0.05, 0) is 38.2 Å². The van der Waals surface area contributed by atoms with Crippen molar-refractivity contribution in [2.75, 3.05) is 18.1 Å². The molecule has 0 saturated carbocycles. The third-order valence-electron chi connectivity index (χ3n) is 5.20. The van der Waals surface area contributed by atoms with Crippen LogP contribution >= 0.6 is 0 Å². The molecule has 3 heterocycles. The van der Waals surface area contributed by atoms with Gasteiger partial charge in [-0.15, -0.1) is 0 Å². The molecule has 1 aromatic carbocycles. The number of rotatable bonds is 5. The molecule has 4 rings (SSSR count). The van der Waals surface area contributed by atoms with E-state index in [1.165, 1.54) is 18.4 Å². The number of benzene rings is 1. The summed E-state index contributed by atoms with van der Waals surface area (Å²) in [6, 6.07) is 15.0. The quantitative estimate of drug-likeness (QED) is 0.766. The van der Waals surface area contributed by atoms with E-state index in [2.05, 4.69) is 46.3 Å². The number of aliphatic hydroxyl groups excluding tert-OH is 1. The molecule has 1 fully saturated rings. The van der Waals surface area contributed by atoms with E-state index in [1.807, 2.05) is 17.5 Å². The molecule has 3 aromatic rings. The van der Waals surface area contributed by atoms with Crippen molar-refractivity contribution in [3.63, 3.8) is 0 Å². The third kappa shape index (κ3) is 3.44. The lowest BCUT2D eigenvalue weighted by atomic mass is 9.99. The monoisotopic (exact) mass is 350 g/mol. The maximum atomic E-state index is 9.46. The van der Waals surface area contributed by atoms with Gasteiger partial charge in [0.2, 0.25) is 0 Å². The van der Waals surface area contributed by atoms with E-state index < -0.39 is 0 Å². The Bertz CT molecular complexity index is 872. The number of hydrogen-bond acceptors (Lipinski definition) is 4. The fraction of sp³-hybridized carbons (Fsp3) is 0.429. The molecule has 1 N–H and O–H groups in total. The van der Waals surface area contributed by atoms with Gasteiger partial charge in [-0.3, -0.25) is 0 Å². The van der Waals surface area contributed by atoms with Crippen molar-refractivity contribution in [1.29, 1.82) is 0 Å². The second kappa shape index (κ2) is 7.46. The first kappa shape index (κ1) is 17.0. The number of aromatic nitrogens is 3. The van der Waals surface area contributed by atoms with Gasteiger partial charge in [0, 0.05) is 43.4 Å². The summed E-state index contributed by atoms with van der Waals surface area (Å²) in [5, 5.41) is 14.3. The number of hydrogen-bond donors (Lipinski definition) is 1. The molecular weight excluding hydrogens is 324 g/mol. The summed E-state index contributed by atoms with van der Waals surface area (Å²) < 4.78 is 1.99. The molecule has 0 amide bonds. The van der Waals surface area contributed by atoms with Crippen molar-refractivity contribution in [2.45, 2.75) is 45.1 Å². The Labute approximate surface area is 154 Å². The molecule has 1 saturated heterocycles. The zero-order valence-corrected chi connectivity index (χ0v) is 15.3. The average Bonchev–Trinajstić information content (AvgIpc) is 3.05. The predicted octanol–water partition coefficient (Wildman–Crippen LogP) is 3.37. The van der Waals surface area contributed by atoms with Crippen LogP contribution in [0, 0.1) is 6.92 Å². The summed E-state index contributed by atoms with van der Waals surface area (Å²) in [7, 11) is 0. The smallest absolute Gasteiger partial charge is 0.157 e. The van der Waals surface area contributed by atoms with E-state index in [4.69, 9.17) is 5.10 Å². The Morgan fingerprint density at radius 2 is 2.00 bits per heavy atom. The fourth-order valence-electron chi connectivity index (χ4n) is 3.98. The highest BCUT2D eigenvalue weighted by Crippen LogP contribution is 2.28. The van der Waals surface area contributed by atoms with Crippen molar-refractivity contribution in [3.8, 4) is 0 Å². The van der Waals surface area contributed by atoms with Crippen LogP contribution < -0.4 is 4.90 Å². The van der Waals surface area contributed by atoms with Crippen LogP contribution in [0.4, 0.5) is 5.82 Å². The molecule has 1 aliphatic heterocycles. The summed E-state index contributed by atoms with van der Waals surface area (Å²) >= 11 is 0. The lowest BCUT2D eigenvalue weighted by molar-refractivity contribution is 0.262. The van der Waals surface area contributed by atoms with E-state index in [0.717, 1.165) is 48.7 Å². The van der Waals surface area contributed by atoms with Gasteiger partial charge in [0.1, 0.15) is 5.82 Å². The standard InChI is InChI=1S/C21H26N4O/c1-16-13-21(24-11-6-5-9-19(24)10-12-26)25-20(22-16)15-18(23-25)14-17-7-3-2-4-8-17/h2-4,7-8,13,15,19,26H,5-6,9-12,14H2,1H3. The van der Waals surface area contributed by atoms with Gasteiger partial charge < -0.3 is 10.0 Å². The molecule has 1 unspecified atom stereocenters. The minimum atomic E-state index is 0.229. The molecule has 26 heavy (non-hydrogen) atoms. The fourth-order valence-corrected chi connectivity index (χ4v) is 3.98. The van der Waals surface area contributed by atoms with Crippen LogP contribution in [-0.4, -0.2) is 38.9 Å². The van der Waals surface area contributed by atoms with Crippen LogP contribution in [0.5, 0.6) is 0 Å². The number of fused-ring (bicyclic) bond motifs is 1. The van der Waals surface area contributed by atoms with E-state index >= 15 is 0 Å². The minimum Gasteiger partial charge on any atom is -0.396 e. The van der Waals surface area contributed by atoms with Crippen LogP contribution in [0.2, 0.25) is 0 Å². The molecule has 5 heteroatoms. The first-order chi connectivity index (χ1) is 12.7.